The summed E-state index contributed by atoms with van der Waals surface area (Å²) in [6.45, 7) is 1.38. The first-order chi connectivity index (χ1) is 16.2. The molecule has 1 aromatic rings. The SMILES string of the molecule is COC(=O)C1=C(CF)NC(C(S)C(=N)N)=C(C(=O)OC(C)C)C1c1c(F)ccc(Cl)c1C(F)(F)F.Cl. The standard InChI is InChI=1S/C21H21ClF5N3O4S.ClH/c1-7(2)34-20(32)14-13(11-9(24)5-4-8(22)15(11)21(25,26)27)12(19(31)33-3)10(6-23)30-16(14)17(35)18(28)29;/h4-5,7,13,17,30,35H,6H2,1-3H3,(H3,28,29);1H. The third-order valence-corrected chi connectivity index (χ3v) is 5.71. The molecule has 0 amide bonds. The van der Waals surface area contributed by atoms with Crippen molar-refractivity contribution in [1.29, 1.82) is 5.41 Å². The van der Waals surface area contributed by atoms with Gasteiger partial charge >= 0.3 is 18.1 Å². The van der Waals surface area contributed by atoms with E-state index >= 15 is 4.39 Å². The molecule has 2 atom stereocenters. The Kier molecular flexibility index (Phi) is 10.6. The maximum atomic E-state index is 15.2. The molecule has 2 rings (SSSR count). The Bertz CT molecular complexity index is 1130. The van der Waals surface area contributed by atoms with E-state index in [-0.39, 0.29) is 12.4 Å². The molecule has 1 heterocycles. The van der Waals surface area contributed by atoms with Crippen molar-refractivity contribution in [3.8, 4) is 0 Å². The highest BCUT2D eigenvalue weighted by atomic mass is 35.5. The van der Waals surface area contributed by atoms with Gasteiger partial charge in [-0.05, 0) is 26.0 Å². The molecule has 200 valence electrons. The van der Waals surface area contributed by atoms with Crippen LogP contribution < -0.4 is 11.1 Å². The van der Waals surface area contributed by atoms with Gasteiger partial charge in [0.05, 0.1) is 51.8 Å². The van der Waals surface area contributed by atoms with Gasteiger partial charge in [-0.15, -0.1) is 12.4 Å². The zero-order valence-electron chi connectivity index (χ0n) is 18.9. The molecule has 0 aliphatic carbocycles. The van der Waals surface area contributed by atoms with E-state index in [1.807, 2.05) is 0 Å². The molecule has 1 aliphatic heterocycles. The molecule has 2 unspecified atom stereocenters. The van der Waals surface area contributed by atoms with Crippen LogP contribution in [-0.4, -0.2) is 42.9 Å². The lowest BCUT2D eigenvalue weighted by Gasteiger charge is -2.34. The number of dihydropyridines is 1. The second kappa shape index (κ2) is 12.2. The van der Waals surface area contributed by atoms with Crippen molar-refractivity contribution >= 4 is 54.4 Å². The molecular formula is C21H22Cl2F5N3O4S. The van der Waals surface area contributed by atoms with Gasteiger partial charge in [0.1, 0.15) is 18.3 Å². The number of methoxy groups -OCH3 is 1. The number of thiol groups is 1. The van der Waals surface area contributed by atoms with Crippen molar-refractivity contribution < 1.29 is 41.0 Å². The number of hydrogen-bond acceptors (Lipinski definition) is 7. The van der Waals surface area contributed by atoms with Crippen LogP contribution in [0.3, 0.4) is 0 Å². The quantitative estimate of drug-likeness (QED) is 0.125. The maximum absolute atomic E-state index is 15.2. The molecule has 15 heteroatoms. The maximum Gasteiger partial charge on any atom is 0.418 e. The monoisotopic (exact) mass is 577 g/mol. The summed E-state index contributed by atoms with van der Waals surface area (Å²) >= 11 is 9.88. The summed E-state index contributed by atoms with van der Waals surface area (Å²) in [4.78, 5) is 25.9. The zero-order valence-corrected chi connectivity index (χ0v) is 21.4. The Morgan fingerprint density at radius 1 is 1.25 bits per heavy atom. The molecule has 0 aromatic heterocycles. The highest BCUT2D eigenvalue weighted by Gasteiger charge is 2.48. The number of carbonyl (C=O) groups is 2. The fourth-order valence-electron chi connectivity index (χ4n) is 3.53. The van der Waals surface area contributed by atoms with Crippen LogP contribution in [0.25, 0.3) is 0 Å². The topological polar surface area (TPSA) is 115 Å². The van der Waals surface area contributed by atoms with Crippen LogP contribution in [0.5, 0.6) is 0 Å². The molecule has 1 aliphatic rings. The Labute approximate surface area is 219 Å². The summed E-state index contributed by atoms with van der Waals surface area (Å²) < 4.78 is 81.3. The van der Waals surface area contributed by atoms with E-state index in [0.717, 1.165) is 7.11 Å². The zero-order chi connectivity index (χ0) is 26.8. The van der Waals surface area contributed by atoms with Crippen LogP contribution >= 0.6 is 36.6 Å². The number of halogens is 7. The number of hydrogen-bond donors (Lipinski definition) is 4. The van der Waals surface area contributed by atoms with E-state index in [1.165, 1.54) is 13.8 Å². The molecule has 0 saturated heterocycles. The van der Waals surface area contributed by atoms with Crippen molar-refractivity contribution in [2.75, 3.05) is 13.8 Å². The van der Waals surface area contributed by atoms with Crippen molar-refractivity contribution in [3.63, 3.8) is 0 Å². The second-order valence-electron chi connectivity index (χ2n) is 7.53. The van der Waals surface area contributed by atoms with Crippen LogP contribution in [0.4, 0.5) is 22.0 Å². The Balaban J connectivity index is 0.00000648. The van der Waals surface area contributed by atoms with Gasteiger partial charge in [0.25, 0.3) is 0 Å². The summed E-state index contributed by atoms with van der Waals surface area (Å²) in [7, 11) is 0.865. The fraction of sp³-hybridized carbons (Fsp3) is 0.381. The van der Waals surface area contributed by atoms with Crippen molar-refractivity contribution in [2.45, 2.75) is 37.3 Å². The van der Waals surface area contributed by atoms with Crippen LogP contribution in [0.15, 0.2) is 34.7 Å². The Morgan fingerprint density at radius 3 is 2.28 bits per heavy atom. The van der Waals surface area contributed by atoms with Gasteiger partial charge in [-0.1, -0.05) is 11.6 Å². The number of allylic oxidation sites excluding steroid dienone is 1. The fourth-order valence-corrected chi connectivity index (χ4v) is 4.01. The Morgan fingerprint density at radius 2 is 1.83 bits per heavy atom. The molecule has 0 bridgehead atoms. The second-order valence-corrected chi connectivity index (χ2v) is 8.45. The predicted octanol–water partition coefficient (Wildman–Crippen LogP) is 4.44. The molecular weight excluding hydrogens is 556 g/mol. The molecule has 0 spiro atoms. The lowest BCUT2D eigenvalue weighted by Crippen LogP contribution is -2.41. The molecule has 0 saturated carbocycles. The number of nitrogens with one attached hydrogen (secondary N) is 2. The molecule has 1 aromatic carbocycles. The summed E-state index contributed by atoms with van der Waals surface area (Å²) in [6, 6.07) is 1.25. The summed E-state index contributed by atoms with van der Waals surface area (Å²) in [5.74, 6) is -7.04. The minimum atomic E-state index is -5.26. The first kappa shape index (κ1) is 31.5. The molecule has 4 N–H and O–H groups in total. The minimum Gasteiger partial charge on any atom is -0.466 e. The average Bonchev–Trinajstić information content (AvgIpc) is 2.76. The number of esters is 2. The van der Waals surface area contributed by atoms with E-state index in [2.05, 4.69) is 22.7 Å². The number of alkyl halides is 4. The van der Waals surface area contributed by atoms with E-state index < -0.39 is 92.4 Å². The highest BCUT2D eigenvalue weighted by molar-refractivity contribution is 7.82. The normalized spacial score (nSPS) is 16.8. The number of benzene rings is 1. The molecule has 7 nitrogen and oxygen atoms in total. The smallest absolute Gasteiger partial charge is 0.418 e. The number of ether oxygens (including phenoxy) is 2. The van der Waals surface area contributed by atoms with E-state index in [0.29, 0.717) is 12.1 Å². The van der Waals surface area contributed by atoms with Gasteiger partial charge in [-0.3, -0.25) is 5.41 Å². The summed E-state index contributed by atoms with van der Waals surface area (Å²) in [5.41, 5.74) is -0.153. The van der Waals surface area contributed by atoms with Gasteiger partial charge in [0.15, 0.2) is 0 Å². The third kappa shape index (κ3) is 6.24. The average molecular weight is 578 g/mol. The largest absolute Gasteiger partial charge is 0.466 e. The lowest BCUT2D eigenvalue weighted by molar-refractivity contribution is -0.144. The van der Waals surface area contributed by atoms with Crippen LogP contribution in [0, 0.1) is 11.2 Å². The molecule has 36 heavy (non-hydrogen) atoms. The van der Waals surface area contributed by atoms with Gasteiger partial charge in [0, 0.05) is 11.3 Å². The Hall–Kier alpha value is -2.51. The first-order valence-corrected chi connectivity index (χ1v) is 10.7. The minimum absolute atomic E-state index is 0. The van der Waals surface area contributed by atoms with E-state index in [9.17, 15) is 27.2 Å². The van der Waals surface area contributed by atoms with Gasteiger partial charge in [0.2, 0.25) is 0 Å². The molecule has 0 fully saturated rings. The van der Waals surface area contributed by atoms with Gasteiger partial charge in [-0.25, -0.2) is 18.4 Å². The number of amidine groups is 1. The predicted molar refractivity (Wildman–Crippen MR) is 127 cm³/mol. The molecule has 0 radical (unpaired) electrons. The van der Waals surface area contributed by atoms with Crippen LogP contribution in [0.2, 0.25) is 5.02 Å². The number of nitrogens with two attached hydrogens (primary N) is 1. The summed E-state index contributed by atoms with van der Waals surface area (Å²) in [5, 5.41) is 7.65. The first-order valence-electron chi connectivity index (χ1n) is 9.83. The lowest BCUT2D eigenvalue weighted by atomic mass is 9.77. The van der Waals surface area contributed by atoms with Gasteiger partial charge < -0.3 is 20.5 Å². The van der Waals surface area contributed by atoms with Gasteiger partial charge in [-0.2, -0.15) is 25.8 Å². The van der Waals surface area contributed by atoms with Crippen molar-refractivity contribution in [3.05, 3.63) is 56.6 Å². The van der Waals surface area contributed by atoms with Crippen molar-refractivity contribution in [2.24, 2.45) is 5.73 Å². The van der Waals surface area contributed by atoms with Crippen LogP contribution in [0.1, 0.15) is 30.9 Å². The van der Waals surface area contributed by atoms with E-state index in [4.69, 9.17) is 27.5 Å². The van der Waals surface area contributed by atoms with Crippen LogP contribution in [-0.2, 0) is 25.2 Å². The third-order valence-electron chi connectivity index (χ3n) is 4.86. The summed E-state index contributed by atoms with van der Waals surface area (Å²) in [6.07, 6.45) is -6.07. The number of carbonyl (C=O) groups excluding carboxylic acids is 2. The highest BCUT2D eigenvalue weighted by Crippen LogP contribution is 2.48. The number of rotatable bonds is 7. The van der Waals surface area contributed by atoms with Crippen molar-refractivity contribution in [1.82, 2.24) is 5.32 Å². The van der Waals surface area contributed by atoms with E-state index in [1.54, 1.807) is 0 Å².